The van der Waals surface area contributed by atoms with Crippen LogP contribution in [0.25, 0.3) is 0 Å². The molecular weight excluding hydrogens is 508 g/mol. The first-order valence-electron chi connectivity index (χ1n) is 11.1. The highest BCUT2D eigenvalue weighted by Gasteiger charge is 2.31. The standard InChI is InChI=1S/C12H18NO4P.C12H17O5P/c1-10(11(2)14)13-18(15,9-16-3)17-12-7-5-4-6-8-12;1-10(13)11(2)16-18(14,9-15-3)17-12-7-5-4-6-8-12/h4-8,10H,9H2,1-3H3,(H,13,15);4-8,11H,9H2,1-3H3. The Kier molecular flexibility index (Phi) is 13.8. The van der Waals surface area contributed by atoms with E-state index in [0.717, 1.165) is 0 Å². The van der Waals surface area contributed by atoms with Crippen molar-refractivity contribution in [1.29, 1.82) is 0 Å². The average Bonchev–Trinajstić information content (AvgIpc) is 2.80. The number of nitrogens with one attached hydrogen (secondary N) is 1. The number of ketones is 2. The molecule has 4 unspecified atom stereocenters. The van der Waals surface area contributed by atoms with Crippen molar-refractivity contribution in [3.8, 4) is 11.5 Å². The lowest BCUT2D eigenvalue weighted by atomic mass is 10.3. The number of ether oxygens (including phenoxy) is 2. The van der Waals surface area contributed by atoms with Gasteiger partial charge in [-0.1, -0.05) is 36.4 Å². The van der Waals surface area contributed by atoms with Gasteiger partial charge < -0.3 is 18.5 Å². The summed E-state index contributed by atoms with van der Waals surface area (Å²) < 4.78 is 50.5. The molecule has 0 saturated heterocycles. The zero-order valence-corrected chi connectivity index (χ0v) is 23.2. The van der Waals surface area contributed by atoms with Crippen LogP contribution in [0.3, 0.4) is 0 Å². The number of hydrogen-bond donors (Lipinski definition) is 1. The van der Waals surface area contributed by atoms with Gasteiger partial charge in [-0.3, -0.25) is 18.7 Å². The summed E-state index contributed by atoms with van der Waals surface area (Å²) in [5, 5.41) is 2.70. The van der Waals surface area contributed by atoms with E-state index < -0.39 is 27.3 Å². The summed E-state index contributed by atoms with van der Waals surface area (Å²) in [6.07, 6.45) is -1.10. The van der Waals surface area contributed by atoms with E-state index in [0.29, 0.717) is 11.5 Å². The molecule has 0 amide bonds. The van der Waals surface area contributed by atoms with Crippen LogP contribution in [0, 0.1) is 0 Å². The molecule has 1 N–H and O–H groups in total. The molecule has 36 heavy (non-hydrogen) atoms. The maximum absolute atomic E-state index is 12.5. The van der Waals surface area contributed by atoms with Crippen molar-refractivity contribution in [2.45, 2.75) is 39.8 Å². The van der Waals surface area contributed by atoms with E-state index in [4.69, 9.17) is 23.0 Å². The number of carbonyl (C=O) groups excluding carboxylic acids is 2. The number of Topliss-reactive ketones (excluding diaryl/α,β-unsaturated/α-hetero) is 2. The molecule has 12 heteroatoms. The molecule has 0 radical (unpaired) electrons. The minimum Gasteiger partial charge on any atom is -0.431 e. The molecule has 0 aliphatic heterocycles. The predicted octanol–water partition coefficient (Wildman–Crippen LogP) is 5.29. The molecule has 200 valence electrons. The molecule has 2 aromatic carbocycles. The van der Waals surface area contributed by atoms with E-state index in [1.807, 2.05) is 12.1 Å². The lowest BCUT2D eigenvalue weighted by molar-refractivity contribution is -0.123. The fourth-order valence-electron chi connectivity index (χ4n) is 2.49. The van der Waals surface area contributed by atoms with Gasteiger partial charge in [-0.05, 0) is 52.0 Å². The molecule has 0 aliphatic carbocycles. The predicted molar refractivity (Wildman–Crippen MR) is 138 cm³/mol. The summed E-state index contributed by atoms with van der Waals surface area (Å²) in [7, 11) is -3.92. The number of methoxy groups -OCH3 is 2. The minimum atomic E-state index is -3.49. The summed E-state index contributed by atoms with van der Waals surface area (Å²) in [6.45, 7) is 5.96. The van der Waals surface area contributed by atoms with Crippen molar-refractivity contribution in [2.24, 2.45) is 0 Å². The quantitative estimate of drug-likeness (QED) is 0.314. The Hall–Kier alpha value is -2.32. The Bertz CT molecular complexity index is 951. The largest absolute Gasteiger partial charge is 0.431 e. The van der Waals surface area contributed by atoms with Crippen molar-refractivity contribution in [2.75, 3.05) is 26.9 Å². The SMILES string of the molecule is COCP(=O)(NC(C)C(C)=O)Oc1ccccc1.COCP(=O)(Oc1ccccc1)OC(C)C(C)=O. The van der Waals surface area contributed by atoms with Crippen LogP contribution in [0.15, 0.2) is 60.7 Å². The molecule has 2 aromatic rings. The maximum atomic E-state index is 12.5. The monoisotopic (exact) mass is 543 g/mol. The van der Waals surface area contributed by atoms with Gasteiger partial charge in [0.2, 0.25) is 0 Å². The van der Waals surface area contributed by atoms with Crippen LogP contribution in [0.1, 0.15) is 27.7 Å². The maximum Gasteiger partial charge on any atom is 0.405 e. The molecule has 0 aliphatic rings. The smallest absolute Gasteiger partial charge is 0.405 e. The number of rotatable bonds is 14. The van der Waals surface area contributed by atoms with E-state index in [9.17, 15) is 18.7 Å². The van der Waals surface area contributed by atoms with Gasteiger partial charge in [-0.15, -0.1) is 0 Å². The van der Waals surface area contributed by atoms with Crippen LogP contribution in [0.5, 0.6) is 11.5 Å². The molecule has 10 nitrogen and oxygen atoms in total. The van der Waals surface area contributed by atoms with Crippen LogP contribution < -0.4 is 14.1 Å². The van der Waals surface area contributed by atoms with E-state index in [1.165, 1.54) is 35.0 Å². The molecule has 0 heterocycles. The highest BCUT2D eigenvalue weighted by atomic mass is 31.2. The van der Waals surface area contributed by atoms with Gasteiger partial charge in [-0.2, -0.15) is 0 Å². The fourth-order valence-corrected chi connectivity index (χ4v) is 5.79. The molecule has 0 aromatic heterocycles. The van der Waals surface area contributed by atoms with Crippen LogP contribution in [0.4, 0.5) is 0 Å². The van der Waals surface area contributed by atoms with Crippen molar-refractivity contribution >= 4 is 26.7 Å². The fraction of sp³-hybridized carbons (Fsp3) is 0.417. The van der Waals surface area contributed by atoms with Crippen LogP contribution in [0.2, 0.25) is 0 Å². The summed E-state index contributed by atoms with van der Waals surface area (Å²) in [6, 6.07) is 16.9. The van der Waals surface area contributed by atoms with Gasteiger partial charge in [0.05, 0.1) is 6.04 Å². The number of para-hydroxylation sites is 2. The highest BCUT2D eigenvalue weighted by Crippen LogP contribution is 2.49. The van der Waals surface area contributed by atoms with Crippen molar-refractivity contribution < 1.29 is 41.8 Å². The highest BCUT2D eigenvalue weighted by molar-refractivity contribution is 7.57. The molecule has 2 rings (SSSR count). The first-order valence-corrected chi connectivity index (χ1v) is 14.6. The van der Waals surface area contributed by atoms with Gasteiger partial charge in [0.1, 0.15) is 29.7 Å². The number of benzene rings is 2. The Morgan fingerprint density at radius 2 is 1.25 bits per heavy atom. The summed E-state index contributed by atoms with van der Waals surface area (Å²) in [5.74, 6) is 0.556. The zero-order valence-electron chi connectivity index (χ0n) is 21.4. The van der Waals surface area contributed by atoms with E-state index in [1.54, 1.807) is 55.5 Å². The average molecular weight is 543 g/mol. The first kappa shape index (κ1) is 31.7. The van der Waals surface area contributed by atoms with Crippen molar-refractivity contribution in [1.82, 2.24) is 5.09 Å². The third-order valence-corrected chi connectivity index (χ3v) is 8.05. The van der Waals surface area contributed by atoms with Crippen molar-refractivity contribution in [3.63, 3.8) is 0 Å². The van der Waals surface area contributed by atoms with Crippen LogP contribution in [-0.2, 0) is 32.7 Å². The zero-order chi connectivity index (χ0) is 27.2. The third-order valence-electron chi connectivity index (χ3n) is 4.46. The summed E-state index contributed by atoms with van der Waals surface area (Å²) in [5.41, 5.74) is 0. The topological polar surface area (TPSA) is 126 Å². The molecule has 0 fully saturated rings. The third kappa shape index (κ3) is 12.1. The molecular formula is C24H35NO9P2. The second kappa shape index (κ2) is 15.7. The van der Waals surface area contributed by atoms with E-state index in [-0.39, 0.29) is 24.3 Å². The number of carbonyl (C=O) groups is 2. The van der Waals surface area contributed by atoms with E-state index >= 15 is 0 Å². The Labute approximate surface area is 212 Å². The van der Waals surface area contributed by atoms with Gasteiger partial charge in [0.15, 0.2) is 12.1 Å². The summed E-state index contributed by atoms with van der Waals surface area (Å²) >= 11 is 0. The van der Waals surface area contributed by atoms with E-state index in [2.05, 4.69) is 5.09 Å². The van der Waals surface area contributed by atoms with Gasteiger partial charge >= 0.3 is 15.1 Å². The minimum absolute atomic E-state index is 0.0977. The van der Waals surface area contributed by atoms with Crippen LogP contribution in [-0.4, -0.2) is 50.6 Å². The lowest BCUT2D eigenvalue weighted by Gasteiger charge is -2.22. The lowest BCUT2D eigenvalue weighted by Crippen LogP contribution is -2.32. The molecule has 0 bridgehead atoms. The first-order chi connectivity index (χ1) is 16.9. The van der Waals surface area contributed by atoms with Crippen molar-refractivity contribution in [3.05, 3.63) is 60.7 Å². The second-order valence-corrected chi connectivity index (χ2v) is 11.7. The Balaban J connectivity index is 0.000000360. The van der Waals surface area contributed by atoms with Gasteiger partial charge in [-0.25, -0.2) is 9.65 Å². The summed E-state index contributed by atoms with van der Waals surface area (Å²) in [4.78, 5) is 22.3. The van der Waals surface area contributed by atoms with Gasteiger partial charge in [0, 0.05) is 14.2 Å². The number of hydrogen-bond acceptors (Lipinski definition) is 9. The van der Waals surface area contributed by atoms with Crippen LogP contribution >= 0.6 is 15.1 Å². The Morgan fingerprint density at radius 1 is 0.778 bits per heavy atom. The molecule has 4 atom stereocenters. The molecule has 0 saturated carbocycles. The normalized spacial score (nSPS) is 15.7. The Morgan fingerprint density at radius 3 is 1.67 bits per heavy atom. The molecule has 0 spiro atoms. The van der Waals surface area contributed by atoms with Gasteiger partial charge in [0.25, 0.3) is 0 Å². The second-order valence-electron chi connectivity index (χ2n) is 7.75.